The first-order valence-electron chi connectivity index (χ1n) is 7.56. The fourth-order valence-corrected chi connectivity index (χ4v) is 7.17. The van der Waals surface area contributed by atoms with Crippen LogP contribution in [0.1, 0.15) is 26.2 Å². The van der Waals surface area contributed by atoms with Gasteiger partial charge in [0, 0.05) is 41.1 Å². The molecule has 5 nitrogen and oxygen atoms in total. The van der Waals surface area contributed by atoms with Crippen molar-refractivity contribution >= 4 is 33.5 Å². The number of hydrogen-bond donors (Lipinski definition) is 2. The molecule has 0 aromatic carbocycles. The molecule has 3 N–H and O–H groups in total. The highest BCUT2D eigenvalue weighted by Crippen LogP contribution is 2.35. The van der Waals surface area contributed by atoms with E-state index in [-0.39, 0.29) is 6.04 Å². The Bertz CT molecular complexity index is 432. The van der Waals surface area contributed by atoms with Crippen LogP contribution in [0.15, 0.2) is 0 Å². The fourth-order valence-electron chi connectivity index (χ4n) is 3.27. The average molecular weight is 354 g/mol. The van der Waals surface area contributed by atoms with Gasteiger partial charge in [0.05, 0.1) is 6.26 Å². The SMILES string of the molecule is CC1SCCSC1C(CC1CCCN(S(C)(=O)=O)C1)NN. The smallest absolute Gasteiger partial charge is 0.211 e. The van der Waals surface area contributed by atoms with Crippen LogP contribution >= 0.6 is 23.5 Å². The maximum Gasteiger partial charge on any atom is 0.211 e. The van der Waals surface area contributed by atoms with Gasteiger partial charge in [-0.15, -0.1) is 0 Å². The third-order valence-corrected chi connectivity index (χ3v) is 8.91. The molecule has 0 bridgehead atoms. The summed E-state index contributed by atoms with van der Waals surface area (Å²) in [5.41, 5.74) is 3.00. The number of rotatable bonds is 5. The molecule has 2 aliphatic heterocycles. The molecule has 0 saturated carbocycles. The van der Waals surface area contributed by atoms with Gasteiger partial charge in [0.2, 0.25) is 10.0 Å². The number of nitrogens with zero attached hydrogens (tertiary/aromatic N) is 1. The zero-order valence-corrected chi connectivity index (χ0v) is 15.3. The second-order valence-electron chi connectivity index (χ2n) is 6.05. The van der Waals surface area contributed by atoms with Crippen LogP contribution in [0.2, 0.25) is 0 Å². The second-order valence-corrected chi connectivity index (χ2v) is 10.8. The maximum atomic E-state index is 11.7. The van der Waals surface area contributed by atoms with Gasteiger partial charge >= 0.3 is 0 Å². The minimum atomic E-state index is -3.06. The predicted molar refractivity (Wildman–Crippen MR) is 93.0 cm³/mol. The van der Waals surface area contributed by atoms with Gasteiger partial charge in [-0.25, -0.2) is 12.7 Å². The molecule has 4 atom stereocenters. The van der Waals surface area contributed by atoms with Crippen LogP contribution in [0.4, 0.5) is 0 Å². The summed E-state index contributed by atoms with van der Waals surface area (Å²) in [6, 6.07) is 0.266. The summed E-state index contributed by atoms with van der Waals surface area (Å²) in [5, 5.41) is 1.11. The van der Waals surface area contributed by atoms with Gasteiger partial charge in [-0.2, -0.15) is 23.5 Å². The standard InChI is InChI=1S/C13H27N3O2S3/c1-10-13(20-7-6-19-10)12(15-14)8-11-4-3-5-16(9-11)21(2,17)18/h10-13,15H,3-9,14H2,1-2H3. The minimum Gasteiger partial charge on any atom is -0.271 e. The molecule has 0 spiro atoms. The van der Waals surface area contributed by atoms with Crippen LogP contribution in [-0.4, -0.2) is 60.1 Å². The molecule has 2 fully saturated rings. The molecular formula is C13H27N3O2S3. The summed E-state index contributed by atoms with van der Waals surface area (Å²) in [4.78, 5) is 0. The fraction of sp³-hybridized carbons (Fsp3) is 1.00. The summed E-state index contributed by atoms with van der Waals surface area (Å²) in [5.74, 6) is 8.60. The first-order chi connectivity index (χ1) is 9.91. The molecule has 0 aliphatic carbocycles. The minimum absolute atomic E-state index is 0.266. The Morgan fingerprint density at radius 3 is 2.71 bits per heavy atom. The van der Waals surface area contributed by atoms with Crippen LogP contribution in [0.25, 0.3) is 0 Å². The van der Waals surface area contributed by atoms with Crippen molar-refractivity contribution in [2.75, 3.05) is 30.9 Å². The molecular weight excluding hydrogens is 326 g/mol. The molecule has 0 aromatic heterocycles. The van der Waals surface area contributed by atoms with Gasteiger partial charge < -0.3 is 0 Å². The number of hydrazine groups is 1. The lowest BCUT2D eigenvalue weighted by Gasteiger charge is -2.38. The number of nitrogens with one attached hydrogen (secondary N) is 1. The normalized spacial score (nSPS) is 33.8. The number of nitrogens with two attached hydrogens (primary N) is 1. The number of piperidine rings is 1. The Balaban J connectivity index is 1.94. The Hall–Kier alpha value is 0.530. The van der Waals surface area contributed by atoms with Crippen LogP contribution in [0.3, 0.4) is 0 Å². The predicted octanol–water partition coefficient (Wildman–Crippen LogP) is 1.12. The van der Waals surface area contributed by atoms with Crippen LogP contribution in [0.5, 0.6) is 0 Å². The topological polar surface area (TPSA) is 75.4 Å². The molecule has 4 unspecified atom stereocenters. The third-order valence-electron chi connectivity index (χ3n) is 4.39. The molecule has 2 heterocycles. The molecule has 124 valence electrons. The van der Waals surface area contributed by atoms with Gasteiger partial charge in [0.25, 0.3) is 0 Å². The summed E-state index contributed by atoms with van der Waals surface area (Å²) in [7, 11) is -3.06. The molecule has 0 radical (unpaired) electrons. The van der Waals surface area contributed by atoms with E-state index in [0.717, 1.165) is 19.3 Å². The zero-order chi connectivity index (χ0) is 15.5. The number of thioether (sulfide) groups is 2. The van der Waals surface area contributed by atoms with Crippen LogP contribution in [0, 0.1) is 5.92 Å². The van der Waals surface area contributed by atoms with E-state index < -0.39 is 10.0 Å². The largest absolute Gasteiger partial charge is 0.271 e. The number of hydrogen-bond acceptors (Lipinski definition) is 6. The van der Waals surface area contributed by atoms with E-state index in [4.69, 9.17) is 5.84 Å². The van der Waals surface area contributed by atoms with Gasteiger partial charge in [-0.1, -0.05) is 6.92 Å². The van der Waals surface area contributed by atoms with Crippen molar-refractivity contribution in [1.82, 2.24) is 9.73 Å². The van der Waals surface area contributed by atoms with Gasteiger partial charge in [-0.3, -0.25) is 11.3 Å². The first-order valence-corrected chi connectivity index (χ1v) is 11.5. The van der Waals surface area contributed by atoms with Crippen molar-refractivity contribution in [3.63, 3.8) is 0 Å². The number of sulfonamides is 1. The van der Waals surface area contributed by atoms with Crippen LogP contribution < -0.4 is 11.3 Å². The third kappa shape index (κ3) is 5.00. The van der Waals surface area contributed by atoms with E-state index in [2.05, 4.69) is 12.3 Å². The monoisotopic (exact) mass is 353 g/mol. The summed E-state index contributed by atoms with van der Waals surface area (Å²) in [6.45, 7) is 3.59. The molecule has 2 rings (SSSR count). The van der Waals surface area contributed by atoms with E-state index in [1.54, 1.807) is 4.31 Å². The summed E-state index contributed by atoms with van der Waals surface area (Å²) >= 11 is 4.02. The van der Waals surface area contributed by atoms with Crippen molar-refractivity contribution in [2.45, 2.75) is 42.7 Å². The molecule has 0 aromatic rings. The molecule has 2 aliphatic rings. The quantitative estimate of drug-likeness (QED) is 0.570. The Kier molecular flexibility index (Phi) is 6.71. The lowest BCUT2D eigenvalue weighted by atomic mass is 9.91. The zero-order valence-electron chi connectivity index (χ0n) is 12.8. The van der Waals surface area contributed by atoms with Crippen molar-refractivity contribution in [2.24, 2.45) is 11.8 Å². The Morgan fingerprint density at radius 1 is 1.38 bits per heavy atom. The van der Waals surface area contributed by atoms with Crippen molar-refractivity contribution in [3.8, 4) is 0 Å². The maximum absolute atomic E-state index is 11.7. The Morgan fingerprint density at radius 2 is 2.10 bits per heavy atom. The van der Waals surface area contributed by atoms with Crippen molar-refractivity contribution < 1.29 is 8.42 Å². The van der Waals surface area contributed by atoms with E-state index in [0.29, 0.717) is 29.5 Å². The lowest BCUT2D eigenvalue weighted by Crippen LogP contribution is -2.50. The van der Waals surface area contributed by atoms with E-state index in [1.165, 1.54) is 17.8 Å². The Labute approximate surface area is 137 Å². The lowest BCUT2D eigenvalue weighted by molar-refractivity contribution is 0.236. The van der Waals surface area contributed by atoms with E-state index in [1.807, 2.05) is 23.5 Å². The van der Waals surface area contributed by atoms with Gasteiger partial charge in [0.1, 0.15) is 0 Å². The van der Waals surface area contributed by atoms with Crippen molar-refractivity contribution in [1.29, 1.82) is 0 Å². The highest BCUT2D eigenvalue weighted by atomic mass is 32.2. The average Bonchev–Trinajstić information content (AvgIpc) is 2.45. The van der Waals surface area contributed by atoms with Gasteiger partial charge in [-0.05, 0) is 25.2 Å². The van der Waals surface area contributed by atoms with Gasteiger partial charge in [0.15, 0.2) is 0 Å². The molecule has 21 heavy (non-hydrogen) atoms. The van der Waals surface area contributed by atoms with E-state index in [9.17, 15) is 8.42 Å². The summed E-state index contributed by atoms with van der Waals surface area (Å²) < 4.78 is 25.1. The molecule has 2 saturated heterocycles. The first kappa shape index (κ1) is 17.9. The van der Waals surface area contributed by atoms with E-state index >= 15 is 0 Å². The second kappa shape index (κ2) is 7.88. The van der Waals surface area contributed by atoms with Crippen LogP contribution in [-0.2, 0) is 10.0 Å². The molecule has 0 amide bonds. The summed E-state index contributed by atoms with van der Waals surface area (Å²) in [6.07, 6.45) is 4.33. The highest BCUT2D eigenvalue weighted by Gasteiger charge is 2.33. The molecule has 8 heteroatoms. The van der Waals surface area contributed by atoms with Crippen molar-refractivity contribution in [3.05, 3.63) is 0 Å². The highest BCUT2D eigenvalue weighted by molar-refractivity contribution is 8.07.